The van der Waals surface area contributed by atoms with Crippen LogP contribution in [0.3, 0.4) is 0 Å². The molecule has 0 saturated heterocycles. The first-order valence-electron chi connectivity index (χ1n) is 11.6. The third kappa shape index (κ3) is 3.07. The summed E-state index contributed by atoms with van der Waals surface area (Å²) in [5.74, 6) is 0. The van der Waals surface area contributed by atoms with Gasteiger partial charge >= 0.3 is 5.01 Å². The standard InChI is InChI=1S/C20H14NS2/c1-3-8-15(9-4-1)17-14-19(16-10-5-2-6-11-16)23-20(21-17)18-12-7-13-22-18/h1-14H/q+1/i1D,2D,3D,4D,5D,6D,8D,9D,10D,11D. The normalized spacial score (nSPS) is 16.7. The fourth-order valence-electron chi connectivity index (χ4n) is 1.93. The van der Waals surface area contributed by atoms with Crippen molar-refractivity contribution in [3.63, 3.8) is 0 Å². The molecule has 0 N–H and O–H groups in total. The Hall–Kier alpha value is -2.36. The van der Waals surface area contributed by atoms with Crippen LogP contribution in [0.2, 0.25) is 0 Å². The Morgan fingerprint density at radius 3 is 2.26 bits per heavy atom. The van der Waals surface area contributed by atoms with E-state index in [4.69, 9.17) is 13.7 Å². The zero-order valence-electron chi connectivity index (χ0n) is 21.6. The van der Waals surface area contributed by atoms with E-state index in [1.165, 1.54) is 17.4 Å². The third-order valence-corrected chi connectivity index (χ3v) is 4.98. The summed E-state index contributed by atoms with van der Waals surface area (Å²) in [4.78, 5) is 5.53. The molecule has 3 heteroatoms. The van der Waals surface area contributed by atoms with Gasteiger partial charge in [0.05, 0.1) is 19.4 Å². The lowest BCUT2D eigenvalue weighted by Gasteiger charge is -2.00. The lowest BCUT2D eigenvalue weighted by molar-refractivity contribution is 1.38. The SMILES string of the molecule is [2H]c1c([2H])c([2H])c(-c2cc(-c3c([2H])c([2H])c([2H])c([2H])c3[2H])[s+]c(-c3cccs3)n2)c([2H])c1[2H]. The van der Waals surface area contributed by atoms with E-state index in [-0.39, 0.29) is 21.7 Å². The van der Waals surface area contributed by atoms with Crippen molar-refractivity contribution < 1.29 is 13.7 Å². The van der Waals surface area contributed by atoms with Crippen LogP contribution in [-0.4, -0.2) is 4.98 Å². The Bertz CT molecular complexity index is 1270. The van der Waals surface area contributed by atoms with E-state index in [2.05, 4.69) is 4.98 Å². The highest BCUT2D eigenvalue weighted by Gasteiger charge is 2.21. The molecule has 0 fully saturated rings. The van der Waals surface area contributed by atoms with E-state index in [9.17, 15) is 0 Å². The lowest BCUT2D eigenvalue weighted by Crippen LogP contribution is -1.87. The van der Waals surface area contributed by atoms with Crippen molar-refractivity contribution >= 4 is 22.7 Å². The van der Waals surface area contributed by atoms with Gasteiger partial charge in [-0.05, 0) is 23.5 Å². The van der Waals surface area contributed by atoms with E-state index < -0.39 is 60.4 Å². The van der Waals surface area contributed by atoms with E-state index in [1.54, 1.807) is 12.1 Å². The summed E-state index contributed by atoms with van der Waals surface area (Å²) in [7, 11) is 0. The predicted octanol–water partition coefficient (Wildman–Crippen LogP) is 6.49. The average molecular weight is 343 g/mol. The second-order valence-corrected chi connectivity index (χ2v) is 6.37. The maximum Gasteiger partial charge on any atom is 0.341 e. The number of rotatable bonds is 3. The molecule has 0 unspecified atom stereocenters. The van der Waals surface area contributed by atoms with Crippen LogP contribution < -0.4 is 0 Å². The molecular weight excluding hydrogens is 318 g/mol. The molecule has 0 radical (unpaired) electrons. The van der Waals surface area contributed by atoms with Gasteiger partial charge in [-0.25, -0.2) is 0 Å². The molecule has 0 bridgehead atoms. The molecule has 2 aromatic heterocycles. The minimum absolute atomic E-state index is 0.0418. The fraction of sp³-hybridized carbons (Fsp3) is 0. The Kier molecular flexibility index (Phi) is 1.96. The molecule has 0 spiro atoms. The Balaban J connectivity index is 2.11. The summed E-state index contributed by atoms with van der Waals surface area (Å²) in [5, 5.41) is 2.25. The third-order valence-electron chi connectivity index (χ3n) is 2.93. The first kappa shape index (κ1) is 7.04. The van der Waals surface area contributed by atoms with Crippen LogP contribution in [0.1, 0.15) is 13.7 Å². The number of benzene rings is 2. The Morgan fingerprint density at radius 1 is 0.913 bits per heavy atom. The second-order valence-electron chi connectivity index (χ2n) is 4.39. The molecule has 0 aliphatic rings. The molecule has 110 valence electrons. The Morgan fingerprint density at radius 2 is 1.61 bits per heavy atom. The zero-order chi connectivity index (χ0) is 24.2. The minimum Gasteiger partial charge on any atom is -0.192 e. The fourth-order valence-corrected chi connectivity index (χ4v) is 3.70. The van der Waals surface area contributed by atoms with Gasteiger partial charge in [-0.1, -0.05) is 54.4 Å². The summed E-state index contributed by atoms with van der Waals surface area (Å²) in [6.07, 6.45) is 0. The number of hydrogen-bond acceptors (Lipinski definition) is 2. The molecule has 0 aliphatic carbocycles. The largest absolute Gasteiger partial charge is 0.341 e. The van der Waals surface area contributed by atoms with E-state index in [0.29, 0.717) is 5.01 Å². The summed E-state index contributed by atoms with van der Waals surface area (Å²) in [5.41, 5.74) is -0.115. The summed E-state index contributed by atoms with van der Waals surface area (Å²) < 4.78 is 80.9. The quantitative estimate of drug-likeness (QED) is 0.388. The van der Waals surface area contributed by atoms with Crippen molar-refractivity contribution in [3.05, 3.63) is 84.0 Å². The van der Waals surface area contributed by atoms with Crippen LogP contribution in [0.15, 0.2) is 84.0 Å². The number of nitrogens with zero attached hydrogens (tertiary/aromatic N) is 1. The first-order chi connectivity index (χ1) is 15.5. The molecule has 0 amide bonds. The molecule has 0 saturated carbocycles. The molecule has 2 aromatic carbocycles. The maximum absolute atomic E-state index is 8.33. The zero-order valence-corrected chi connectivity index (χ0v) is 13.2. The van der Waals surface area contributed by atoms with Gasteiger partial charge in [0.15, 0.2) is 0 Å². The molecule has 1 nitrogen and oxygen atoms in total. The lowest BCUT2D eigenvalue weighted by atomic mass is 10.1. The van der Waals surface area contributed by atoms with Crippen molar-refractivity contribution in [2.24, 2.45) is 0 Å². The van der Waals surface area contributed by atoms with E-state index in [1.807, 2.05) is 5.38 Å². The van der Waals surface area contributed by atoms with Crippen LogP contribution in [0.25, 0.3) is 31.6 Å². The van der Waals surface area contributed by atoms with Gasteiger partial charge in [0.2, 0.25) is 4.88 Å². The van der Waals surface area contributed by atoms with Gasteiger partial charge in [0.1, 0.15) is 4.88 Å². The molecule has 4 rings (SSSR count). The van der Waals surface area contributed by atoms with Gasteiger partial charge in [-0.15, -0.1) is 11.3 Å². The number of aromatic nitrogens is 1. The van der Waals surface area contributed by atoms with Crippen molar-refractivity contribution in [1.29, 1.82) is 0 Å². The van der Waals surface area contributed by atoms with Crippen LogP contribution >= 0.6 is 22.7 Å². The van der Waals surface area contributed by atoms with Crippen molar-refractivity contribution in [2.75, 3.05) is 0 Å². The van der Waals surface area contributed by atoms with Gasteiger partial charge in [-0.3, -0.25) is 0 Å². The van der Waals surface area contributed by atoms with Gasteiger partial charge < -0.3 is 0 Å². The first-order valence-corrected chi connectivity index (χ1v) is 8.27. The maximum atomic E-state index is 8.33. The van der Waals surface area contributed by atoms with Gasteiger partial charge in [0.25, 0.3) is 11.3 Å². The molecule has 23 heavy (non-hydrogen) atoms. The summed E-state index contributed by atoms with van der Waals surface area (Å²) in [6.45, 7) is 0. The van der Waals surface area contributed by atoms with Crippen LogP contribution in [0.5, 0.6) is 0 Å². The van der Waals surface area contributed by atoms with Gasteiger partial charge in [0, 0.05) is 17.2 Å². The number of thiophene rings is 1. The average Bonchev–Trinajstić information content (AvgIpc) is 3.34. The molecule has 0 atom stereocenters. The minimum atomic E-state index is -0.531. The summed E-state index contributed by atoms with van der Waals surface area (Å²) in [6, 6.07) is 0.288. The highest BCUT2D eigenvalue weighted by molar-refractivity contribution is 7.22. The molecule has 4 aromatic rings. The predicted molar refractivity (Wildman–Crippen MR) is 101 cm³/mol. The van der Waals surface area contributed by atoms with E-state index in [0.717, 1.165) is 16.2 Å². The highest BCUT2D eigenvalue weighted by Crippen LogP contribution is 2.36. The van der Waals surface area contributed by atoms with Gasteiger partial charge in [-0.2, -0.15) is 4.98 Å². The molecule has 0 aliphatic heterocycles. The highest BCUT2D eigenvalue weighted by atomic mass is 32.1. The molecular formula is C20H14NS2+. The van der Waals surface area contributed by atoms with Crippen molar-refractivity contribution in [1.82, 2.24) is 4.98 Å². The Labute approximate surface area is 157 Å². The van der Waals surface area contributed by atoms with E-state index >= 15 is 0 Å². The van der Waals surface area contributed by atoms with Crippen molar-refractivity contribution in [3.8, 4) is 31.6 Å². The monoisotopic (exact) mass is 342 g/mol. The molecule has 2 heterocycles. The topological polar surface area (TPSA) is 12.9 Å². The smallest absolute Gasteiger partial charge is 0.192 e. The van der Waals surface area contributed by atoms with Crippen LogP contribution in [0.4, 0.5) is 0 Å². The van der Waals surface area contributed by atoms with Crippen molar-refractivity contribution in [2.45, 2.75) is 0 Å². The second kappa shape index (κ2) is 6.41. The van der Waals surface area contributed by atoms with Crippen LogP contribution in [-0.2, 0) is 0 Å². The summed E-state index contributed by atoms with van der Waals surface area (Å²) >= 11 is 2.47. The van der Waals surface area contributed by atoms with Crippen LogP contribution in [0, 0.1) is 0 Å². The number of hydrogen-bond donors (Lipinski definition) is 0.